The number of aliphatic hydroxyl groups is 1. The predicted octanol–water partition coefficient (Wildman–Crippen LogP) is 2.82. The number of hydrogen-bond acceptors (Lipinski definition) is 1. The van der Waals surface area contributed by atoms with Crippen LogP contribution in [0.1, 0.15) is 5.56 Å². The molecule has 0 saturated carbocycles. The molecule has 1 N–H and O–H groups in total. The first kappa shape index (κ1) is 18.4. The van der Waals surface area contributed by atoms with E-state index in [0.29, 0.717) is 0 Å². The van der Waals surface area contributed by atoms with E-state index in [4.69, 9.17) is 5.11 Å². The van der Waals surface area contributed by atoms with Crippen molar-refractivity contribution in [3.8, 4) is 0 Å². The van der Waals surface area contributed by atoms with Crippen molar-refractivity contribution in [1.82, 2.24) is 0 Å². The fourth-order valence-electron chi connectivity index (χ4n) is 0.537. The Morgan fingerprint density at radius 3 is 2.08 bits per heavy atom. The average molecular weight is 348 g/mol. The molecule has 0 spiro atoms. The van der Waals surface area contributed by atoms with E-state index in [0.717, 1.165) is 17.1 Å². The molecule has 1 aromatic rings. The van der Waals surface area contributed by atoms with Crippen LogP contribution in [0.3, 0.4) is 0 Å². The fraction of sp³-hybridized carbons (Fsp3) is 0.125. The Morgan fingerprint density at radius 1 is 1.33 bits per heavy atom. The Hall–Kier alpha value is 0.633. The first-order valence-electron chi connectivity index (χ1n) is 2.81. The molecule has 0 aromatic heterocycles. The van der Waals surface area contributed by atoms with E-state index in [1.54, 1.807) is 0 Å². The van der Waals surface area contributed by atoms with Gasteiger partial charge in [0.1, 0.15) is 0 Å². The average Bonchev–Trinajstić information content (AvgIpc) is 1.91. The number of hydrogen-bond donors (Lipinski definition) is 1. The van der Waals surface area contributed by atoms with Gasteiger partial charge in [-0.2, -0.15) is 18.6 Å². The Kier molecular flexibility index (Phi) is 17.9. The summed E-state index contributed by atoms with van der Waals surface area (Å²) >= 11 is 3.32. The van der Waals surface area contributed by atoms with Crippen molar-refractivity contribution in [3.63, 3.8) is 0 Å². The van der Waals surface area contributed by atoms with Crippen LogP contribution >= 0.6 is 32.9 Å². The van der Waals surface area contributed by atoms with Crippen molar-refractivity contribution in [2.45, 2.75) is 0 Å². The van der Waals surface area contributed by atoms with Gasteiger partial charge in [0.2, 0.25) is 0 Å². The molecule has 0 amide bonds. The molecule has 1 aromatic carbocycles. The summed E-state index contributed by atoms with van der Waals surface area (Å²) in [4.78, 5) is 0. The van der Waals surface area contributed by atoms with Gasteiger partial charge in [-0.3, -0.25) is 0 Å². The van der Waals surface area contributed by atoms with E-state index in [-0.39, 0.29) is 36.5 Å². The Bertz CT molecular complexity index is 177. The zero-order valence-electron chi connectivity index (χ0n) is 6.96. The minimum absolute atomic E-state index is 0. The maximum atomic E-state index is 7.00. The molecule has 66 valence electrons. The molecule has 0 aliphatic heterocycles. The second kappa shape index (κ2) is 11.6. The molecule has 1 nitrogen and oxygen atoms in total. The SMILES string of the molecule is Br.CO.[CH2-]c1cccc(Br)c1.[Zn]. The van der Waals surface area contributed by atoms with Crippen molar-refractivity contribution in [2.75, 3.05) is 7.11 Å². The van der Waals surface area contributed by atoms with Gasteiger partial charge in [0.15, 0.2) is 0 Å². The van der Waals surface area contributed by atoms with Crippen LogP contribution < -0.4 is 0 Å². The number of rotatable bonds is 0. The molecular formula is C8H11Br2OZn-. The normalized spacial score (nSPS) is 6.58. The van der Waals surface area contributed by atoms with E-state index in [9.17, 15) is 0 Å². The molecule has 0 atom stereocenters. The molecule has 0 radical (unpaired) electrons. The Balaban J connectivity index is -0.000000189. The van der Waals surface area contributed by atoms with Gasteiger partial charge in [-0.25, -0.2) is 0 Å². The molecule has 0 bridgehead atoms. The second-order valence-corrected chi connectivity index (χ2v) is 2.55. The topological polar surface area (TPSA) is 20.2 Å². The van der Waals surface area contributed by atoms with Gasteiger partial charge in [-0.1, -0.05) is 22.0 Å². The summed E-state index contributed by atoms with van der Waals surface area (Å²) in [6.45, 7) is 3.75. The van der Waals surface area contributed by atoms with Crippen LogP contribution in [0.15, 0.2) is 28.7 Å². The van der Waals surface area contributed by atoms with E-state index < -0.39 is 0 Å². The van der Waals surface area contributed by atoms with Crippen LogP contribution in [-0.2, 0) is 19.5 Å². The van der Waals surface area contributed by atoms with Crippen LogP contribution in [0.2, 0.25) is 0 Å². The number of aliphatic hydroxyl groups excluding tert-OH is 1. The Morgan fingerprint density at radius 2 is 1.83 bits per heavy atom. The van der Waals surface area contributed by atoms with Crippen LogP contribution in [0.5, 0.6) is 0 Å². The van der Waals surface area contributed by atoms with E-state index >= 15 is 0 Å². The second-order valence-electron chi connectivity index (χ2n) is 1.63. The largest absolute Gasteiger partial charge is 0.400 e. The maximum absolute atomic E-state index is 7.00. The molecule has 1 rings (SSSR count). The standard InChI is InChI=1S/C7H6Br.CH4O.BrH.Zn/c1-6-3-2-4-7(8)5-6;1-2;;/h2-5H,1H2;2H,1H3;1H;/q-1;;;. The molecule has 12 heavy (non-hydrogen) atoms. The first-order chi connectivity index (χ1) is 4.79. The minimum Gasteiger partial charge on any atom is -0.400 e. The first-order valence-corrected chi connectivity index (χ1v) is 3.60. The third-order valence-corrected chi connectivity index (χ3v) is 1.38. The van der Waals surface area contributed by atoms with Crippen molar-refractivity contribution < 1.29 is 24.6 Å². The summed E-state index contributed by atoms with van der Waals surface area (Å²) in [6.07, 6.45) is 0. The number of benzene rings is 1. The third kappa shape index (κ3) is 8.73. The van der Waals surface area contributed by atoms with Gasteiger partial charge in [0.25, 0.3) is 0 Å². The monoisotopic (exact) mass is 345 g/mol. The molecule has 0 aliphatic rings. The van der Waals surface area contributed by atoms with Crippen LogP contribution in [0.4, 0.5) is 0 Å². The molecular weight excluding hydrogens is 337 g/mol. The van der Waals surface area contributed by atoms with Gasteiger partial charge >= 0.3 is 0 Å². The summed E-state index contributed by atoms with van der Waals surface area (Å²) < 4.78 is 1.09. The van der Waals surface area contributed by atoms with Crippen molar-refractivity contribution in [2.24, 2.45) is 0 Å². The van der Waals surface area contributed by atoms with Gasteiger partial charge in [-0.05, 0) is 4.47 Å². The zero-order valence-corrected chi connectivity index (χ0v) is 13.2. The molecule has 0 heterocycles. The minimum atomic E-state index is 0. The molecule has 0 fully saturated rings. The van der Waals surface area contributed by atoms with Crippen LogP contribution in [-0.4, -0.2) is 12.2 Å². The summed E-state index contributed by atoms with van der Waals surface area (Å²) in [5.74, 6) is 0. The fourth-order valence-corrected chi connectivity index (χ4v) is 0.984. The van der Waals surface area contributed by atoms with E-state index in [2.05, 4.69) is 22.9 Å². The molecule has 4 heteroatoms. The van der Waals surface area contributed by atoms with Crippen LogP contribution in [0, 0.1) is 6.92 Å². The Labute approximate surface area is 105 Å². The van der Waals surface area contributed by atoms with Gasteiger partial charge in [0, 0.05) is 26.6 Å². The maximum Gasteiger partial charge on any atom is 0.0319 e. The van der Waals surface area contributed by atoms with E-state index in [1.807, 2.05) is 24.3 Å². The smallest absolute Gasteiger partial charge is 0.0319 e. The third-order valence-electron chi connectivity index (χ3n) is 0.889. The molecule has 0 unspecified atom stereocenters. The van der Waals surface area contributed by atoms with Gasteiger partial charge in [0.05, 0.1) is 0 Å². The predicted molar refractivity (Wildman–Crippen MR) is 57.1 cm³/mol. The quantitative estimate of drug-likeness (QED) is 0.565. The number of halogens is 2. The summed E-state index contributed by atoms with van der Waals surface area (Å²) in [5.41, 5.74) is 1.04. The van der Waals surface area contributed by atoms with Crippen LogP contribution in [0.25, 0.3) is 0 Å². The van der Waals surface area contributed by atoms with Crippen molar-refractivity contribution >= 4 is 32.9 Å². The van der Waals surface area contributed by atoms with E-state index in [1.165, 1.54) is 0 Å². The van der Waals surface area contributed by atoms with Gasteiger partial charge < -0.3 is 5.11 Å². The summed E-state index contributed by atoms with van der Waals surface area (Å²) in [5, 5.41) is 7.00. The molecule has 0 aliphatic carbocycles. The summed E-state index contributed by atoms with van der Waals surface area (Å²) in [7, 11) is 1.00. The zero-order chi connectivity index (χ0) is 7.98. The van der Waals surface area contributed by atoms with Crippen molar-refractivity contribution in [1.29, 1.82) is 0 Å². The van der Waals surface area contributed by atoms with Crippen molar-refractivity contribution in [3.05, 3.63) is 41.2 Å². The summed E-state index contributed by atoms with van der Waals surface area (Å²) in [6, 6.07) is 7.88. The molecule has 0 saturated heterocycles. The van der Waals surface area contributed by atoms with Gasteiger partial charge in [-0.15, -0.1) is 29.1 Å².